The zero-order valence-corrected chi connectivity index (χ0v) is 25.0. The Kier molecular flexibility index (Phi) is 8.37. The fraction of sp³-hybridized carbons (Fsp3) is 0.0938. The normalized spacial score (nSPS) is 13.4. The van der Waals surface area contributed by atoms with Gasteiger partial charge in [-0.3, -0.25) is 14.4 Å². The number of allylic oxidation sites excluding steroid dienone is 1. The van der Waals surface area contributed by atoms with E-state index < -0.39 is 11.9 Å². The van der Waals surface area contributed by atoms with E-state index in [-0.39, 0.29) is 28.8 Å². The Labute approximate surface area is 266 Å². The molecule has 0 saturated heterocycles. The van der Waals surface area contributed by atoms with E-state index in [0.29, 0.717) is 50.9 Å². The first kappa shape index (κ1) is 29.7. The number of primary amides is 1. The van der Waals surface area contributed by atoms with Crippen LogP contribution in [0.4, 0.5) is 0 Å². The summed E-state index contributed by atoms with van der Waals surface area (Å²) >= 11 is 12.9. The van der Waals surface area contributed by atoms with Crippen molar-refractivity contribution < 1.29 is 14.4 Å². The lowest BCUT2D eigenvalue weighted by Gasteiger charge is -2.16. The van der Waals surface area contributed by atoms with Crippen LogP contribution in [-0.4, -0.2) is 47.8 Å². The molecular formula is C32H24Cl2N8O3. The van der Waals surface area contributed by atoms with E-state index in [1.54, 1.807) is 42.5 Å². The van der Waals surface area contributed by atoms with Crippen molar-refractivity contribution in [3.05, 3.63) is 123 Å². The largest absolute Gasteiger partial charge is 0.366 e. The lowest BCUT2D eigenvalue weighted by molar-refractivity contribution is -0.117. The standard InChI is InChI=1S/C32H24Cl2N8O3/c33-22-9-10-27(42-17-36-40-41-42)20(13-22)8-11-28(44)37-26(12-18-4-2-1-3-5-18)32-38-29(30(34)39-32)21-7-6-19-14-23(43)16-25(31(35)45)24(19)15-21/h1-11,13,15-17,26H,12,14H2,(H2,35,45)(H,37,44)(H,38,39)/b11-8+/t26-/m0/s1. The number of halogens is 2. The Balaban J connectivity index is 1.30. The number of carbonyl (C=O) groups is 3. The van der Waals surface area contributed by atoms with Crippen LogP contribution in [-0.2, 0) is 27.2 Å². The number of hydrogen-bond donors (Lipinski definition) is 3. The number of fused-ring (bicyclic) bond motifs is 1. The van der Waals surface area contributed by atoms with Crippen molar-refractivity contribution in [3.63, 3.8) is 0 Å². The summed E-state index contributed by atoms with van der Waals surface area (Å²) in [5.74, 6) is -0.852. The fourth-order valence-electron chi connectivity index (χ4n) is 5.13. The summed E-state index contributed by atoms with van der Waals surface area (Å²) in [6, 6.07) is 19.5. The molecule has 2 amide bonds. The third kappa shape index (κ3) is 6.59. The first-order valence-electron chi connectivity index (χ1n) is 13.7. The molecule has 3 aromatic carbocycles. The van der Waals surface area contributed by atoms with Gasteiger partial charge < -0.3 is 16.0 Å². The predicted molar refractivity (Wildman–Crippen MR) is 169 cm³/mol. The number of aromatic nitrogens is 6. The van der Waals surface area contributed by atoms with Crippen molar-refractivity contribution >= 4 is 52.4 Å². The topological polar surface area (TPSA) is 162 Å². The number of H-pyrrole nitrogens is 1. The maximum atomic E-state index is 13.3. The second kappa shape index (κ2) is 12.7. The van der Waals surface area contributed by atoms with Gasteiger partial charge in [-0.15, -0.1) is 5.10 Å². The van der Waals surface area contributed by atoms with Crippen LogP contribution in [0.3, 0.4) is 0 Å². The third-order valence-corrected chi connectivity index (χ3v) is 7.72. The number of amides is 2. The highest BCUT2D eigenvalue weighted by Gasteiger charge is 2.24. The molecule has 45 heavy (non-hydrogen) atoms. The second-order valence-electron chi connectivity index (χ2n) is 10.3. The first-order valence-corrected chi connectivity index (χ1v) is 14.5. The molecule has 2 aromatic heterocycles. The van der Waals surface area contributed by atoms with Crippen LogP contribution in [0.1, 0.15) is 34.1 Å². The molecule has 2 heterocycles. The number of rotatable bonds is 9. The van der Waals surface area contributed by atoms with Gasteiger partial charge in [0.1, 0.15) is 23.0 Å². The number of nitrogens with one attached hydrogen (secondary N) is 2. The van der Waals surface area contributed by atoms with E-state index >= 15 is 0 Å². The van der Waals surface area contributed by atoms with Crippen LogP contribution in [0.25, 0.3) is 28.6 Å². The molecule has 5 aromatic rings. The summed E-state index contributed by atoms with van der Waals surface area (Å²) in [7, 11) is 0. The average molecular weight is 640 g/mol. The molecule has 11 nitrogen and oxygen atoms in total. The number of tetrazole rings is 1. The molecule has 0 radical (unpaired) electrons. The van der Waals surface area contributed by atoms with Crippen molar-refractivity contribution in [1.82, 2.24) is 35.5 Å². The molecule has 0 aliphatic heterocycles. The van der Waals surface area contributed by atoms with Gasteiger partial charge in [-0.25, -0.2) is 4.98 Å². The Morgan fingerprint density at radius 2 is 1.91 bits per heavy atom. The van der Waals surface area contributed by atoms with Crippen LogP contribution < -0.4 is 11.1 Å². The molecule has 0 unspecified atom stereocenters. The molecule has 224 valence electrons. The summed E-state index contributed by atoms with van der Waals surface area (Å²) in [4.78, 5) is 45.4. The molecule has 6 rings (SSSR count). The van der Waals surface area contributed by atoms with Gasteiger partial charge in [0.15, 0.2) is 5.78 Å². The average Bonchev–Trinajstić information content (AvgIpc) is 3.70. The van der Waals surface area contributed by atoms with Crippen molar-refractivity contribution in [2.75, 3.05) is 0 Å². The van der Waals surface area contributed by atoms with Gasteiger partial charge in [-0.05, 0) is 70.0 Å². The number of nitrogens with zero attached hydrogens (tertiary/aromatic N) is 5. The Bertz CT molecular complexity index is 1980. The molecular weight excluding hydrogens is 615 g/mol. The monoisotopic (exact) mass is 638 g/mol. The summed E-state index contributed by atoms with van der Waals surface area (Å²) in [5.41, 5.74) is 10.2. The zero-order valence-electron chi connectivity index (χ0n) is 23.4. The van der Waals surface area contributed by atoms with E-state index in [9.17, 15) is 14.4 Å². The van der Waals surface area contributed by atoms with E-state index in [2.05, 4.69) is 25.8 Å². The highest BCUT2D eigenvalue weighted by atomic mass is 35.5. The Morgan fingerprint density at radius 3 is 2.67 bits per heavy atom. The number of benzene rings is 3. The fourth-order valence-corrected chi connectivity index (χ4v) is 5.55. The number of hydrogen-bond acceptors (Lipinski definition) is 7. The maximum Gasteiger partial charge on any atom is 0.249 e. The molecule has 1 atom stereocenters. The predicted octanol–water partition coefficient (Wildman–Crippen LogP) is 4.47. The number of aromatic amines is 1. The molecule has 13 heteroatoms. The minimum absolute atomic E-state index is 0.138. The highest BCUT2D eigenvalue weighted by molar-refractivity contribution is 6.32. The van der Waals surface area contributed by atoms with E-state index in [4.69, 9.17) is 33.9 Å². The van der Waals surface area contributed by atoms with Gasteiger partial charge in [0.05, 0.1) is 17.3 Å². The molecule has 0 spiro atoms. The molecule has 0 fully saturated rings. The van der Waals surface area contributed by atoms with Gasteiger partial charge in [0.25, 0.3) is 0 Å². The van der Waals surface area contributed by atoms with Gasteiger partial charge in [-0.2, -0.15) is 4.68 Å². The number of carbonyl (C=O) groups excluding carboxylic acids is 3. The quantitative estimate of drug-likeness (QED) is 0.201. The molecule has 0 saturated carbocycles. The molecule has 0 bridgehead atoms. The highest BCUT2D eigenvalue weighted by Crippen LogP contribution is 2.33. The van der Waals surface area contributed by atoms with Gasteiger partial charge in [0, 0.05) is 28.6 Å². The zero-order chi connectivity index (χ0) is 31.5. The van der Waals surface area contributed by atoms with Crippen LogP contribution >= 0.6 is 23.2 Å². The Morgan fingerprint density at radius 1 is 1.09 bits per heavy atom. The van der Waals surface area contributed by atoms with E-state index in [1.165, 1.54) is 23.2 Å². The number of nitrogens with two attached hydrogens (primary N) is 1. The number of ketones is 1. The van der Waals surface area contributed by atoms with E-state index in [0.717, 1.165) is 5.56 Å². The van der Waals surface area contributed by atoms with Gasteiger partial charge >= 0.3 is 0 Å². The van der Waals surface area contributed by atoms with Gasteiger partial charge in [0.2, 0.25) is 11.8 Å². The SMILES string of the molecule is NC(=O)C1=CC(=O)Cc2ccc(-c3nc([C@H](Cc4ccccc4)NC(=O)/C=C/c4cc(Cl)ccc4-n4cnnn4)[nH]c3Cl)cc21. The number of imidazole rings is 1. The summed E-state index contributed by atoms with van der Waals surface area (Å²) < 4.78 is 1.47. The molecule has 1 aliphatic carbocycles. The summed E-state index contributed by atoms with van der Waals surface area (Å²) in [6.45, 7) is 0. The van der Waals surface area contributed by atoms with Crippen LogP contribution in [0, 0.1) is 0 Å². The summed E-state index contributed by atoms with van der Waals surface area (Å²) in [6.07, 6.45) is 6.31. The van der Waals surface area contributed by atoms with E-state index in [1.807, 2.05) is 30.3 Å². The minimum Gasteiger partial charge on any atom is -0.366 e. The minimum atomic E-state index is -0.697. The van der Waals surface area contributed by atoms with Crippen molar-refractivity contribution in [2.24, 2.45) is 5.73 Å². The second-order valence-corrected chi connectivity index (χ2v) is 11.1. The molecule has 4 N–H and O–H groups in total. The van der Waals surface area contributed by atoms with Crippen LogP contribution in [0.15, 0.2) is 85.2 Å². The third-order valence-electron chi connectivity index (χ3n) is 7.22. The van der Waals surface area contributed by atoms with Crippen LogP contribution in [0.2, 0.25) is 10.2 Å². The van der Waals surface area contributed by atoms with Crippen molar-refractivity contribution in [1.29, 1.82) is 0 Å². The van der Waals surface area contributed by atoms with Gasteiger partial charge in [-0.1, -0.05) is 65.7 Å². The lowest BCUT2D eigenvalue weighted by Crippen LogP contribution is -2.29. The maximum absolute atomic E-state index is 13.3. The first-order chi connectivity index (χ1) is 21.7. The Hall–Kier alpha value is -5.39. The van der Waals surface area contributed by atoms with Crippen molar-refractivity contribution in [2.45, 2.75) is 18.9 Å². The van der Waals surface area contributed by atoms with Crippen molar-refractivity contribution in [3.8, 4) is 16.9 Å². The lowest BCUT2D eigenvalue weighted by atomic mass is 9.88. The summed E-state index contributed by atoms with van der Waals surface area (Å²) in [5, 5.41) is 15.0. The van der Waals surface area contributed by atoms with Crippen LogP contribution in [0.5, 0.6) is 0 Å². The molecule has 1 aliphatic rings. The smallest absolute Gasteiger partial charge is 0.249 e.